The van der Waals surface area contributed by atoms with E-state index in [1.54, 1.807) is 85.4 Å². The Balaban J connectivity index is 0.000000144. The van der Waals surface area contributed by atoms with Gasteiger partial charge >= 0.3 is 0 Å². The van der Waals surface area contributed by atoms with E-state index in [0.717, 1.165) is 129 Å². The number of aromatic nitrogens is 18. The molecule has 1 aliphatic carbocycles. The summed E-state index contributed by atoms with van der Waals surface area (Å²) in [5.74, 6) is 1.84. The summed E-state index contributed by atoms with van der Waals surface area (Å²) >= 11 is 12.7. The number of nitrogens with one attached hydrogen (secondary N) is 5. The Morgan fingerprint density at radius 3 is 1.88 bits per heavy atom. The molecule has 0 bridgehead atoms. The monoisotopic (exact) mass is 2090 g/mol. The first kappa shape index (κ1) is 80.0. The standard InChI is InChI=1S/C20H16N4O.C8H5IN4.C8H6IN3O.C8H9IN2O.C7H3IN4.C7H4N4.C6H5IN2O2.C6H7IN2/c25-20(13-6-7-13)22-17-10-9-16-19(21-17)18(24-23-16)15-8-5-12-3-1-2-4-14(12)11-15;1-10-7-3-5-6(4-11-7)13(2)12-8(5)9;1-5(13)12-7-4-10-8(9)2-6(7)3-11-12;1-5-3-8(9)10-4-7(5)11-6(2)12;1-9-6-2-4-5(3-10-6)11-12-7(4)8;1-8-7-2-5-3-10-11-6(5)4-9-7;1-4-2-6(7)8-3-5(4)9(10)11;1-4-2-6(7)9-3-5(4)8/h1-5,8-11,13H,6-7H2,(H,23,24)(H,21,22,25);3-4H,2H3;2-4H,1H3;3-4H,1-2H3,(H,11,12);2-3H,(H,11,12);2-4H,(H,10,11);2-3H,1H3;2-3H,8H2,1H3. The predicted molar refractivity (Wildman–Crippen MR) is 456 cm³/mol. The fourth-order valence-electron chi connectivity index (χ4n) is 9.30. The molecule has 0 radical (unpaired) electrons. The van der Waals surface area contributed by atoms with Crippen LogP contribution in [0.25, 0.3) is 91.2 Å². The van der Waals surface area contributed by atoms with Crippen molar-refractivity contribution in [3.63, 3.8) is 0 Å². The van der Waals surface area contributed by atoms with Gasteiger partial charge in [0.05, 0.1) is 58.3 Å². The number of amides is 2. The number of rotatable bonds is 5. The number of carbonyl (C=O) groups excluding carboxylic acids is 3. The highest BCUT2D eigenvalue weighted by molar-refractivity contribution is 14.1. The third-order valence-electron chi connectivity index (χ3n) is 14.8. The molecule has 0 aliphatic heterocycles. The highest BCUT2D eigenvalue weighted by Crippen LogP contribution is 2.32. The minimum atomic E-state index is -0.432. The van der Waals surface area contributed by atoms with Crippen molar-refractivity contribution in [2.45, 2.75) is 47.5 Å². The third-order valence-corrected chi connectivity index (χ3v) is 18.8. The minimum Gasteiger partial charge on any atom is -0.397 e. The van der Waals surface area contributed by atoms with Gasteiger partial charge in [-0.25, -0.2) is 24.9 Å². The summed E-state index contributed by atoms with van der Waals surface area (Å²) in [6.45, 7) is 28.9. The number of H-pyrrole nitrogens is 3. The number of fused-ring (bicyclic) bond motifs is 6. The summed E-state index contributed by atoms with van der Waals surface area (Å²) in [5.41, 5.74) is 16.7. The van der Waals surface area contributed by atoms with Crippen LogP contribution in [0.4, 0.5) is 40.3 Å². The van der Waals surface area contributed by atoms with Gasteiger partial charge in [0.15, 0.2) is 0 Å². The number of carbonyl (C=O) groups is 3. The number of hydrogen-bond acceptors (Lipinski definition) is 19. The molecule has 2 aromatic carbocycles. The van der Waals surface area contributed by atoms with Crippen LogP contribution in [0.2, 0.25) is 0 Å². The van der Waals surface area contributed by atoms with E-state index in [-0.39, 0.29) is 29.3 Å². The second-order valence-electron chi connectivity index (χ2n) is 22.5. The van der Waals surface area contributed by atoms with Crippen molar-refractivity contribution >= 4 is 259 Å². The molecule has 15 aromatic rings. The van der Waals surface area contributed by atoms with E-state index in [0.29, 0.717) is 28.8 Å². The van der Waals surface area contributed by atoms with E-state index in [4.69, 9.17) is 25.5 Å². The Hall–Kier alpha value is -10.1. The van der Waals surface area contributed by atoms with E-state index in [1.165, 1.54) is 30.1 Å². The number of aromatic amines is 3. The van der Waals surface area contributed by atoms with E-state index >= 15 is 0 Å². The number of nitro groups is 1. The molecule has 16 rings (SSSR count). The molecule has 0 atom stereocenters. The van der Waals surface area contributed by atoms with Crippen molar-refractivity contribution in [3.8, 4) is 11.3 Å². The zero-order chi connectivity index (χ0) is 76.3. The van der Waals surface area contributed by atoms with Gasteiger partial charge in [-0.2, -0.15) is 30.2 Å². The van der Waals surface area contributed by atoms with Gasteiger partial charge in [-0.1, -0.05) is 56.1 Å². The fourth-order valence-corrected chi connectivity index (χ4v) is 12.9. The van der Waals surface area contributed by atoms with Crippen molar-refractivity contribution in [1.29, 1.82) is 0 Å². The lowest BCUT2D eigenvalue weighted by Crippen LogP contribution is -2.14. The SMILES string of the molecule is CC(=O)Nc1cnc(I)cc1C.CC(=O)n1ncc2cc(I)ncc21.Cc1cc(I)ncc1N.Cc1cc(I)ncc1[N+](=O)[O-].O=C(Nc1ccc2[nH]nc(-c3ccc4ccccc4c3)c2n1)C1CC1.[C-]#[N+]c1cc2c(I)[nH]nc2cn1.[C-]#[N+]c1cc2c(I)nn(C)c2cn1.[C-]#[N+]c1cc2cn[nH]c2cn1. The maximum Gasteiger partial charge on any atom is 0.290 e. The lowest BCUT2D eigenvalue weighted by atomic mass is 10.0. The van der Waals surface area contributed by atoms with Crippen LogP contribution < -0.4 is 16.4 Å². The van der Waals surface area contributed by atoms with Gasteiger partial charge in [-0.05, 0) is 252 Å². The van der Waals surface area contributed by atoms with Gasteiger partial charge in [0.25, 0.3) is 23.1 Å². The molecule has 7 N–H and O–H groups in total. The molecule has 106 heavy (non-hydrogen) atoms. The van der Waals surface area contributed by atoms with Crippen LogP contribution in [-0.2, 0) is 16.6 Å². The molecule has 0 saturated heterocycles. The molecular weight excluding hydrogens is 2030 g/mol. The first-order valence-corrected chi connectivity index (χ1v) is 37.4. The van der Waals surface area contributed by atoms with Gasteiger partial charge in [0.1, 0.15) is 80.6 Å². The largest absolute Gasteiger partial charge is 0.397 e. The molecular formula is C70H55I6N25O5. The summed E-state index contributed by atoms with van der Waals surface area (Å²) < 4.78 is 8.53. The molecule has 0 spiro atoms. The Morgan fingerprint density at radius 2 is 1.23 bits per heavy atom. The number of nitrogens with zero attached hydrogens (tertiary/aromatic N) is 19. The predicted octanol–water partition coefficient (Wildman–Crippen LogP) is 17.0. The molecule has 0 unspecified atom stereocenters. The molecule has 30 nitrogen and oxygen atoms in total. The number of aryl methyl sites for hydroxylation is 4. The Bertz CT molecular complexity index is 5900. The summed E-state index contributed by atoms with van der Waals surface area (Å²) in [6, 6.07) is 30.8. The van der Waals surface area contributed by atoms with Crippen LogP contribution >= 0.6 is 136 Å². The molecule has 1 aliphatic rings. The maximum atomic E-state index is 12.0. The Labute approximate surface area is 685 Å². The Morgan fingerprint density at radius 1 is 0.604 bits per heavy atom. The van der Waals surface area contributed by atoms with Crippen molar-refractivity contribution in [2.24, 2.45) is 13.0 Å². The molecule has 532 valence electrons. The van der Waals surface area contributed by atoms with Crippen molar-refractivity contribution in [2.75, 3.05) is 16.4 Å². The average Bonchev–Trinajstić information content (AvgIpc) is 1.60. The zero-order valence-electron chi connectivity index (χ0n) is 56.3. The number of halogens is 6. The number of nitrogen functional groups attached to an aromatic ring is 1. The van der Waals surface area contributed by atoms with Gasteiger partial charge in [-0.15, -0.1) is 15.0 Å². The minimum absolute atomic E-state index is 0.0580. The summed E-state index contributed by atoms with van der Waals surface area (Å²) in [4.78, 5) is 85.7. The van der Waals surface area contributed by atoms with Crippen LogP contribution in [0.1, 0.15) is 48.2 Å². The average molecular weight is 2090 g/mol. The van der Waals surface area contributed by atoms with Crippen molar-refractivity contribution < 1.29 is 19.3 Å². The van der Waals surface area contributed by atoms with Gasteiger partial charge in [-0.3, -0.25) is 44.5 Å². The topological polar surface area (TPSA) is 382 Å². The number of benzene rings is 2. The normalized spacial score (nSPS) is 10.9. The smallest absolute Gasteiger partial charge is 0.290 e. The van der Waals surface area contributed by atoms with E-state index in [2.05, 4.69) is 249 Å². The van der Waals surface area contributed by atoms with Crippen LogP contribution in [0.3, 0.4) is 0 Å². The van der Waals surface area contributed by atoms with Crippen LogP contribution in [0.15, 0.2) is 153 Å². The first-order chi connectivity index (χ1) is 50.8. The number of hydrogen-bond donors (Lipinski definition) is 6. The number of anilines is 3. The summed E-state index contributed by atoms with van der Waals surface area (Å²) in [5, 5.41) is 51.1. The molecule has 1 fully saturated rings. The van der Waals surface area contributed by atoms with E-state index in [1.807, 2.05) is 86.0 Å². The molecule has 13 heterocycles. The van der Waals surface area contributed by atoms with E-state index in [9.17, 15) is 24.5 Å². The Kier molecular flexibility index (Phi) is 28.5. The molecule has 36 heteroatoms. The lowest BCUT2D eigenvalue weighted by molar-refractivity contribution is -0.385. The van der Waals surface area contributed by atoms with Crippen LogP contribution in [0.5, 0.6) is 0 Å². The molecule has 13 aromatic heterocycles. The van der Waals surface area contributed by atoms with Gasteiger partial charge in [0, 0.05) is 59.5 Å². The molecule has 2 amide bonds. The number of nitrogens with two attached hydrogens (primary N) is 1. The van der Waals surface area contributed by atoms with Gasteiger partial charge in [0.2, 0.25) is 17.7 Å². The third kappa shape index (κ3) is 22.0. The van der Waals surface area contributed by atoms with Gasteiger partial charge < -0.3 is 30.9 Å². The first-order valence-electron chi connectivity index (χ1n) is 30.9. The number of pyridine rings is 8. The summed E-state index contributed by atoms with van der Waals surface area (Å²) in [6.07, 6.45) is 16.4. The van der Waals surface area contributed by atoms with Crippen molar-refractivity contribution in [1.82, 2.24) is 90.0 Å². The summed E-state index contributed by atoms with van der Waals surface area (Å²) in [7, 11) is 1.86. The fraction of sp³-hybridized carbons (Fsp3) is 0.129. The maximum absolute atomic E-state index is 12.0. The zero-order valence-corrected chi connectivity index (χ0v) is 69.3. The van der Waals surface area contributed by atoms with E-state index < -0.39 is 4.92 Å². The highest BCUT2D eigenvalue weighted by Gasteiger charge is 2.30. The van der Waals surface area contributed by atoms with Crippen molar-refractivity contribution in [3.05, 3.63) is 236 Å². The van der Waals surface area contributed by atoms with Crippen LogP contribution in [-0.4, -0.2) is 113 Å². The molecule has 1 saturated carbocycles. The second kappa shape index (κ2) is 37.7. The quantitative estimate of drug-likeness (QED) is 0.0306. The lowest BCUT2D eigenvalue weighted by Gasteiger charge is -2.04. The second-order valence-corrected chi connectivity index (χ2v) is 29.0. The van der Waals surface area contributed by atoms with Crippen LogP contribution in [0, 0.1) is 78.7 Å². The highest BCUT2D eigenvalue weighted by atomic mass is 127.